The second-order valence-corrected chi connectivity index (χ2v) is 6.26. The van der Waals surface area contributed by atoms with Gasteiger partial charge in [0.15, 0.2) is 0 Å². The third kappa shape index (κ3) is 6.91. The molecule has 2 N–H and O–H groups in total. The van der Waals surface area contributed by atoms with E-state index in [0.717, 1.165) is 39.3 Å². The van der Waals surface area contributed by atoms with Gasteiger partial charge < -0.3 is 20.4 Å². The molecule has 0 saturated carbocycles. The standard InChI is InChI=1S/C18H29FN4O.2ClH/c1-4-20-14(3)13-21-18(24)15-6-7-17(16(19)12-15)23-10-8-22(5-2)9-11-23;;/h6-7,12,14,20H,4-5,8-11,13H2,1-3H3,(H,21,24);2*1H/t14-;;/m1../s1. The van der Waals surface area contributed by atoms with Crippen LogP contribution in [-0.2, 0) is 0 Å². The lowest BCUT2D eigenvalue weighted by Gasteiger charge is -2.35. The predicted octanol–water partition coefficient (Wildman–Crippen LogP) is 2.54. The van der Waals surface area contributed by atoms with Crippen molar-refractivity contribution in [3.05, 3.63) is 29.6 Å². The van der Waals surface area contributed by atoms with E-state index < -0.39 is 0 Å². The molecule has 1 saturated heterocycles. The number of carbonyl (C=O) groups excluding carboxylic acids is 1. The number of amides is 1. The van der Waals surface area contributed by atoms with Gasteiger partial charge in [-0.05, 0) is 38.2 Å². The Balaban J connectivity index is 0.00000312. The molecule has 26 heavy (non-hydrogen) atoms. The lowest BCUT2D eigenvalue weighted by molar-refractivity contribution is 0.0950. The van der Waals surface area contributed by atoms with E-state index >= 15 is 0 Å². The van der Waals surface area contributed by atoms with Crippen LogP contribution in [0.3, 0.4) is 0 Å². The van der Waals surface area contributed by atoms with Crippen LogP contribution >= 0.6 is 24.8 Å². The average Bonchev–Trinajstić information content (AvgIpc) is 2.60. The Morgan fingerprint density at radius 3 is 2.38 bits per heavy atom. The van der Waals surface area contributed by atoms with Gasteiger partial charge in [0.25, 0.3) is 5.91 Å². The van der Waals surface area contributed by atoms with Gasteiger partial charge in [0, 0.05) is 44.3 Å². The van der Waals surface area contributed by atoms with Crippen molar-refractivity contribution in [1.82, 2.24) is 15.5 Å². The molecule has 1 aliphatic rings. The number of hydrogen-bond acceptors (Lipinski definition) is 4. The Bertz CT molecular complexity index is 554. The first-order chi connectivity index (χ1) is 11.5. The Kier molecular flexibility index (Phi) is 11.8. The van der Waals surface area contributed by atoms with E-state index in [1.165, 1.54) is 6.07 Å². The minimum Gasteiger partial charge on any atom is -0.367 e. The molecule has 0 bridgehead atoms. The Hall–Kier alpha value is -1.08. The van der Waals surface area contributed by atoms with Crippen molar-refractivity contribution in [1.29, 1.82) is 0 Å². The van der Waals surface area contributed by atoms with Crippen LogP contribution in [-0.4, -0.2) is 62.7 Å². The van der Waals surface area contributed by atoms with E-state index in [-0.39, 0.29) is 42.6 Å². The molecule has 1 aliphatic heterocycles. The van der Waals surface area contributed by atoms with Gasteiger partial charge in [0.1, 0.15) is 5.82 Å². The van der Waals surface area contributed by atoms with Crippen molar-refractivity contribution in [3.8, 4) is 0 Å². The third-order valence-corrected chi connectivity index (χ3v) is 4.49. The number of nitrogens with one attached hydrogen (secondary N) is 2. The maximum Gasteiger partial charge on any atom is 0.251 e. The zero-order valence-electron chi connectivity index (χ0n) is 15.8. The topological polar surface area (TPSA) is 47.6 Å². The molecule has 1 amide bonds. The molecular weight excluding hydrogens is 378 g/mol. The molecule has 1 aromatic rings. The van der Waals surface area contributed by atoms with Crippen LogP contribution in [0.1, 0.15) is 31.1 Å². The summed E-state index contributed by atoms with van der Waals surface area (Å²) < 4.78 is 14.4. The van der Waals surface area contributed by atoms with Gasteiger partial charge in [0.2, 0.25) is 0 Å². The normalized spacial score (nSPS) is 15.6. The number of carbonyl (C=O) groups is 1. The fraction of sp³-hybridized carbons (Fsp3) is 0.611. The van der Waals surface area contributed by atoms with Gasteiger partial charge >= 0.3 is 0 Å². The van der Waals surface area contributed by atoms with Crippen LogP contribution in [0.2, 0.25) is 0 Å². The number of benzene rings is 1. The monoisotopic (exact) mass is 408 g/mol. The van der Waals surface area contributed by atoms with Crippen LogP contribution in [0.25, 0.3) is 0 Å². The summed E-state index contributed by atoms with van der Waals surface area (Å²) in [6.07, 6.45) is 0. The molecule has 8 heteroatoms. The molecule has 1 atom stereocenters. The molecule has 150 valence electrons. The average molecular weight is 409 g/mol. The highest BCUT2D eigenvalue weighted by molar-refractivity contribution is 5.94. The number of anilines is 1. The smallest absolute Gasteiger partial charge is 0.251 e. The first kappa shape index (κ1) is 24.9. The second kappa shape index (κ2) is 12.3. The number of nitrogens with zero attached hydrogens (tertiary/aromatic N) is 2. The van der Waals surface area contributed by atoms with E-state index in [4.69, 9.17) is 0 Å². The van der Waals surface area contributed by atoms with Crippen LogP contribution in [0.15, 0.2) is 18.2 Å². The van der Waals surface area contributed by atoms with E-state index in [2.05, 4.69) is 27.4 Å². The lowest BCUT2D eigenvalue weighted by atomic mass is 10.1. The van der Waals surface area contributed by atoms with Gasteiger partial charge in [0.05, 0.1) is 5.69 Å². The largest absolute Gasteiger partial charge is 0.367 e. The third-order valence-electron chi connectivity index (χ3n) is 4.49. The van der Waals surface area contributed by atoms with Gasteiger partial charge in [-0.3, -0.25) is 4.79 Å². The van der Waals surface area contributed by atoms with Gasteiger partial charge in [-0.25, -0.2) is 4.39 Å². The Labute approximate surface area is 168 Å². The molecule has 2 rings (SSSR count). The Morgan fingerprint density at radius 2 is 1.85 bits per heavy atom. The van der Waals surface area contributed by atoms with Crippen LogP contribution in [0.4, 0.5) is 10.1 Å². The number of hydrogen-bond donors (Lipinski definition) is 2. The first-order valence-corrected chi connectivity index (χ1v) is 8.83. The fourth-order valence-electron chi connectivity index (χ4n) is 2.98. The molecule has 5 nitrogen and oxygen atoms in total. The van der Waals surface area contributed by atoms with E-state index in [1.54, 1.807) is 12.1 Å². The van der Waals surface area contributed by atoms with Crippen molar-refractivity contribution in [2.24, 2.45) is 0 Å². The van der Waals surface area contributed by atoms with Crippen molar-refractivity contribution in [2.45, 2.75) is 26.8 Å². The summed E-state index contributed by atoms with van der Waals surface area (Å²) in [4.78, 5) is 16.6. The van der Waals surface area contributed by atoms with Crippen LogP contribution < -0.4 is 15.5 Å². The summed E-state index contributed by atoms with van der Waals surface area (Å²) in [6, 6.07) is 4.96. The van der Waals surface area contributed by atoms with E-state index in [9.17, 15) is 9.18 Å². The summed E-state index contributed by atoms with van der Waals surface area (Å²) in [5.41, 5.74) is 0.954. The summed E-state index contributed by atoms with van der Waals surface area (Å²) in [5, 5.41) is 6.06. The summed E-state index contributed by atoms with van der Waals surface area (Å²) in [6.45, 7) is 12.1. The molecule has 0 aromatic heterocycles. The van der Waals surface area contributed by atoms with Crippen LogP contribution in [0, 0.1) is 5.82 Å². The molecule has 0 radical (unpaired) electrons. The zero-order valence-corrected chi connectivity index (χ0v) is 17.4. The zero-order chi connectivity index (χ0) is 17.5. The molecule has 1 fully saturated rings. The maximum absolute atomic E-state index is 14.4. The Morgan fingerprint density at radius 1 is 1.19 bits per heavy atom. The number of halogens is 3. The van der Waals surface area contributed by atoms with Gasteiger partial charge in [-0.15, -0.1) is 24.8 Å². The molecule has 0 unspecified atom stereocenters. The van der Waals surface area contributed by atoms with Crippen molar-refractivity contribution in [3.63, 3.8) is 0 Å². The highest BCUT2D eigenvalue weighted by Gasteiger charge is 2.19. The van der Waals surface area contributed by atoms with E-state index in [1.807, 2.05) is 13.8 Å². The minimum atomic E-state index is -0.327. The number of piperazine rings is 1. The second-order valence-electron chi connectivity index (χ2n) is 6.26. The lowest BCUT2D eigenvalue weighted by Crippen LogP contribution is -2.46. The minimum absolute atomic E-state index is 0. The predicted molar refractivity (Wildman–Crippen MR) is 111 cm³/mol. The van der Waals surface area contributed by atoms with Gasteiger partial charge in [-0.2, -0.15) is 0 Å². The molecule has 1 heterocycles. The maximum atomic E-state index is 14.4. The summed E-state index contributed by atoms with van der Waals surface area (Å²) in [5.74, 6) is -0.562. The highest BCUT2D eigenvalue weighted by Crippen LogP contribution is 2.22. The quantitative estimate of drug-likeness (QED) is 0.727. The van der Waals surface area contributed by atoms with Crippen molar-refractivity contribution < 1.29 is 9.18 Å². The summed E-state index contributed by atoms with van der Waals surface area (Å²) >= 11 is 0. The molecule has 0 spiro atoms. The van der Waals surface area contributed by atoms with Crippen molar-refractivity contribution >= 4 is 36.4 Å². The van der Waals surface area contributed by atoms with Gasteiger partial charge in [-0.1, -0.05) is 13.8 Å². The fourth-order valence-corrected chi connectivity index (χ4v) is 2.98. The SMILES string of the molecule is CCN[C@H](C)CNC(=O)c1ccc(N2CCN(CC)CC2)c(F)c1.Cl.Cl. The highest BCUT2D eigenvalue weighted by atomic mass is 35.5. The molecule has 1 aromatic carbocycles. The van der Waals surface area contributed by atoms with Crippen LogP contribution in [0.5, 0.6) is 0 Å². The number of rotatable bonds is 7. The first-order valence-electron chi connectivity index (χ1n) is 8.83. The summed E-state index contributed by atoms with van der Waals surface area (Å²) in [7, 11) is 0. The number of likely N-dealkylation sites (N-methyl/N-ethyl adjacent to an activating group) is 2. The molecule has 0 aliphatic carbocycles. The molecular formula is C18H31Cl2FN4O. The van der Waals surface area contributed by atoms with Crippen molar-refractivity contribution in [2.75, 3.05) is 50.7 Å². The van der Waals surface area contributed by atoms with E-state index in [0.29, 0.717) is 17.8 Å².